The van der Waals surface area contributed by atoms with Crippen LogP contribution in [0.25, 0.3) is 0 Å². The smallest absolute Gasteiger partial charge is 0.0672 e. The first-order valence-electron chi connectivity index (χ1n) is 3.70. The first-order valence-corrected chi connectivity index (χ1v) is 4.24. The average Bonchev–Trinajstić information content (AvgIpc) is 2.47. The highest BCUT2D eigenvalue weighted by Crippen LogP contribution is 2.06. The van der Waals surface area contributed by atoms with Gasteiger partial charge in [0.2, 0.25) is 0 Å². The third-order valence-electron chi connectivity index (χ3n) is 1.59. The fourth-order valence-electron chi connectivity index (χ4n) is 0.959. The lowest BCUT2D eigenvalue weighted by molar-refractivity contribution is 0.686. The third-order valence-corrected chi connectivity index (χ3v) is 1.97. The quantitative estimate of drug-likeness (QED) is 0.664. The largest absolute Gasteiger partial charge is 0.276 e. The molecule has 0 aliphatic rings. The summed E-state index contributed by atoms with van der Waals surface area (Å²) in [6.45, 7) is 0. The molecule has 1 atom stereocenters. The van der Waals surface area contributed by atoms with E-state index in [1.54, 1.807) is 4.68 Å². The van der Waals surface area contributed by atoms with E-state index in [1.807, 2.05) is 19.3 Å². The number of aromatic nitrogens is 2. The molecule has 0 amide bonds. The fraction of sp³-hybridized carbons (Fsp3) is 0.500. The van der Waals surface area contributed by atoms with Gasteiger partial charge in [0.1, 0.15) is 0 Å². The van der Waals surface area contributed by atoms with Crippen molar-refractivity contribution >= 4 is 11.6 Å². The van der Waals surface area contributed by atoms with Gasteiger partial charge in [-0.2, -0.15) is 10.4 Å². The summed E-state index contributed by atoms with van der Waals surface area (Å²) in [5.74, 6) is 0.245. The van der Waals surface area contributed by atoms with Gasteiger partial charge in [0.05, 0.1) is 17.7 Å². The Balaban J connectivity index is 2.58. The van der Waals surface area contributed by atoms with Gasteiger partial charge in [-0.25, -0.2) is 0 Å². The summed E-state index contributed by atoms with van der Waals surface area (Å²) in [7, 11) is 1.85. The molecule has 0 N–H and O–H groups in total. The van der Waals surface area contributed by atoms with Crippen LogP contribution >= 0.6 is 11.6 Å². The number of rotatable bonds is 3. The maximum atomic E-state index is 8.63. The minimum Gasteiger partial charge on any atom is -0.276 e. The molecule has 0 saturated carbocycles. The minimum atomic E-state index is -0.124. The Bertz CT molecular complexity index is 287. The maximum Gasteiger partial charge on any atom is 0.0672 e. The van der Waals surface area contributed by atoms with Crippen LogP contribution in [0.15, 0.2) is 12.3 Å². The zero-order chi connectivity index (χ0) is 8.97. The normalized spacial score (nSPS) is 12.4. The van der Waals surface area contributed by atoms with Crippen molar-refractivity contribution < 1.29 is 0 Å². The summed E-state index contributed by atoms with van der Waals surface area (Å²) in [5, 5.41) is 12.8. The SMILES string of the molecule is Cn1ccc(CC(C#N)CCl)n1. The van der Waals surface area contributed by atoms with Crippen LogP contribution < -0.4 is 0 Å². The molecule has 0 spiro atoms. The molecule has 12 heavy (non-hydrogen) atoms. The van der Waals surface area contributed by atoms with Gasteiger partial charge in [-0.3, -0.25) is 4.68 Å². The van der Waals surface area contributed by atoms with Gasteiger partial charge in [-0.1, -0.05) is 0 Å². The summed E-state index contributed by atoms with van der Waals surface area (Å²) in [5.41, 5.74) is 0.921. The van der Waals surface area contributed by atoms with Gasteiger partial charge in [0.25, 0.3) is 0 Å². The summed E-state index contributed by atoms with van der Waals surface area (Å²) < 4.78 is 1.72. The lowest BCUT2D eigenvalue weighted by Gasteiger charge is -1.99. The van der Waals surface area contributed by atoms with Gasteiger partial charge in [0.15, 0.2) is 0 Å². The van der Waals surface area contributed by atoms with E-state index in [2.05, 4.69) is 11.2 Å². The number of nitrogens with zero attached hydrogens (tertiary/aromatic N) is 3. The number of hydrogen-bond donors (Lipinski definition) is 0. The molecule has 0 aliphatic heterocycles. The zero-order valence-electron chi connectivity index (χ0n) is 6.87. The van der Waals surface area contributed by atoms with Crippen LogP contribution in [0.4, 0.5) is 0 Å². The highest BCUT2D eigenvalue weighted by Gasteiger charge is 2.08. The second kappa shape index (κ2) is 4.13. The molecule has 1 unspecified atom stereocenters. The Morgan fingerprint density at radius 1 is 1.83 bits per heavy atom. The summed E-state index contributed by atoms with van der Waals surface area (Å²) in [6, 6.07) is 4.03. The number of hydrogen-bond acceptors (Lipinski definition) is 2. The Morgan fingerprint density at radius 3 is 3.00 bits per heavy atom. The van der Waals surface area contributed by atoms with Crippen LogP contribution in [0.3, 0.4) is 0 Å². The van der Waals surface area contributed by atoms with E-state index in [0.29, 0.717) is 12.3 Å². The molecule has 0 saturated heterocycles. The first-order chi connectivity index (χ1) is 5.76. The molecule has 64 valence electrons. The van der Waals surface area contributed by atoms with Gasteiger partial charge < -0.3 is 0 Å². The number of halogens is 1. The highest BCUT2D eigenvalue weighted by molar-refractivity contribution is 6.18. The lowest BCUT2D eigenvalue weighted by Crippen LogP contribution is -2.04. The van der Waals surface area contributed by atoms with Crippen molar-refractivity contribution in [3.63, 3.8) is 0 Å². The van der Waals surface area contributed by atoms with Crippen LogP contribution in [0, 0.1) is 17.2 Å². The van der Waals surface area contributed by atoms with E-state index >= 15 is 0 Å². The lowest BCUT2D eigenvalue weighted by atomic mass is 10.1. The molecule has 0 aliphatic carbocycles. The average molecular weight is 184 g/mol. The van der Waals surface area contributed by atoms with Crippen molar-refractivity contribution in [3.05, 3.63) is 18.0 Å². The number of nitriles is 1. The summed E-state index contributed by atoms with van der Waals surface area (Å²) >= 11 is 5.57. The monoisotopic (exact) mass is 183 g/mol. The van der Waals surface area contributed by atoms with Gasteiger partial charge in [0, 0.05) is 25.5 Å². The van der Waals surface area contributed by atoms with E-state index < -0.39 is 0 Å². The highest BCUT2D eigenvalue weighted by atomic mass is 35.5. The maximum absolute atomic E-state index is 8.63. The Kier molecular flexibility index (Phi) is 3.12. The molecular formula is C8H10ClN3. The van der Waals surface area contributed by atoms with E-state index in [1.165, 1.54) is 0 Å². The van der Waals surface area contributed by atoms with Crippen molar-refractivity contribution in [1.82, 2.24) is 9.78 Å². The van der Waals surface area contributed by atoms with Crippen molar-refractivity contribution in [1.29, 1.82) is 5.26 Å². The molecule has 0 fully saturated rings. The van der Waals surface area contributed by atoms with Crippen LogP contribution in [0.5, 0.6) is 0 Å². The second-order valence-corrected chi connectivity index (χ2v) is 2.97. The van der Waals surface area contributed by atoms with Crippen LogP contribution in [0.2, 0.25) is 0 Å². The molecule has 1 aromatic heterocycles. The van der Waals surface area contributed by atoms with Crippen molar-refractivity contribution in [2.75, 3.05) is 5.88 Å². The Morgan fingerprint density at radius 2 is 2.58 bits per heavy atom. The first kappa shape index (κ1) is 9.08. The topological polar surface area (TPSA) is 41.6 Å². The van der Waals surface area contributed by atoms with Gasteiger partial charge in [-0.05, 0) is 6.07 Å². The molecule has 4 heteroatoms. The second-order valence-electron chi connectivity index (χ2n) is 2.67. The Hall–Kier alpha value is -1.01. The van der Waals surface area contributed by atoms with E-state index in [9.17, 15) is 0 Å². The fourth-order valence-corrected chi connectivity index (χ4v) is 1.14. The van der Waals surface area contributed by atoms with E-state index in [4.69, 9.17) is 16.9 Å². The standard InChI is InChI=1S/C8H10ClN3/c1-12-3-2-8(11-12)4-7(5-9)6-10/h2-3,7H,4-5H2,1H3. The van der Waals surface area contributed by atoms with Gasteiger partial charge in [-0.15, -0.1) is 11.6 Å². The molecule has 0 bridgehead atoms. The van der Waals surface area contributed by atoms with Crippen LogP contribution in [0.1, 0.15) is 5.69 Å². The van der Waals surface area contributed by atoms with Gasteiger partial charge >= 0.3 is 0 Å². The zero-order valence-corrected chi connectivity index (χ0v) is 7.62. The predicted molar refractivity (Wildman–Crippen MR) is 46.7 cm³/mol. The van der Waals surface area contributed by atoms with Crippen LogP contribution in [-0.4, -0.2) is 15.7 Å². The minimum absolute atomic E-state index is 0.124. The predicted octanol–water partition coefficient (Wildman–Crippen LogP) is 1.34. The molecule has 1 aromatic rings. The number of aryl methyl sites for hydroxylation is 1. The third kappa shape index (κ3) is 2.24. The molecule has 1 heterocycles. The van der Waals surface area contributed by atoms with Crippen molar-refractivity contribution in [3.8, 4) is 6.07 Å². The molecule has 1 rings (SSSR count). The number of alkyl halides is 1. The molecule has 0 aromatic carbocycles. The molecule has 3 nitrogen and oxygen atoms in total. The van der Waals surface area contributed by atoms with Crippen molar-refractivity contribution in [2.24, 2.45) is 13.0 Å². The van der Waals surface area contributed by atoms with E-state index in [-0.39, 0.29) is 5.92 Å². The van der Waals surface area contributed by atoms with E-state index in [0.717, 1.165) is 5.69 Å². The van der Waals surface area contributed by atoms with Crippen molar-refractivity contribution in [2.45, 2.75) is 6.42 Å². The molecule has 0 radical (unpaired) electrons. The van der Waals surface area contributed by atoms with Crippen LogP contribution in [-0.2, 0) is 13.5 Å². The Labute approximate surface area is 76.6 Å². The molecular weight excluding hydrogens is 174 g/mol. The summed E-state index contributed by atoms with van der Waals surface area (Å²) in [6.07, 6.45) is 2.50. The summed E-state index contributed by atoms with van der Waals surface area (Å²) in [4.78, 5) is 0.